The lowest BCUT2D eigenvalue weighted by molar-refractivity contribution is 0.283. The van der Waals surface area contributed by atoms with Crippen molar-refractivity contribution in [3.05, 3.63) is 46.1 Å². The summed E-state index contributed by atoms with van der Waals surface area (Å²) >= 11 is 1.61. The minimum atomic E-state index is -0.275. The van der Waals surface area contributed by atoms with Crippen molar-refractivity contribution in [3.63, 3.8) is 0 Å². The van der Waals surface area contributed by atoms with Gasteiger partial charge in [-0.15, -0.1) is 11.8 Å². The van der Waals surface area contributed by atoms with Crippen molar-refractivity contribution in [3.8, 4) is 5.75 Å². The van der Waals surface area contributed by atoms with E-state index in [9.17, 15) is 4.79 Å². The van der Waals surface area contributed by atoms with Gasteiger partial charge < -0.3 is 4.74 Å². The molecule has 0 bridgehead atoms. The molecule has 0 saturated heterocycles. The van der Waals surface area contributed by atoms with Gasteiger partial charge in [0.15, 0.2) is 0 Å². The van der Waals surface area contributed by atoms with Crippen LogP contribution < -0.4 is 10.4 Å². The van der Waals surface area contributed by atoms with Gasteiger partial charge in [-0.1, -0.05) is 19.1 Å². The number of ether oxygens (including phenoxy) is 1. The quantitative estimate of drug-likeness (QED) is 0.797. The molecule has 0 radical (unpaired) electrons. The molecule has 0 saturated carbocycles. The Morgan fingerprint density at radius 3 is 2.95 bits per heavy atom. The van der Waals surface area contributed by atoms with Crippen molar-refractivity contribution in [1.82, 2.24) is 15.2 Å². The zero-order valence-corrected chi connectivity index (χ0v) is 11.8. The molecule has 1 aromatic heterocycles. The molecular weight excluding hydrogens is 262 g/mol. The van der Waals surface area contributed by atoms with E-state index >= 15 is 0 Å². The van der Waals surface area contributed by atoms with Gasteiger partial charge >= 0.3 is 5.69 Å². The van der Waals surface area contributed by atoms with Gasteiger partial charge in [-0.3, -0.25) is 4.98 Å². The van der Waals surface area contributed by atoms with Crippen LogP contribution in [0.5, 0.6) is 5.75 Å². The van der Waals surface area contributed by atoms with E-state index in [4.69, 9.17) is 4.74 Å². The van der Waals surface area contributed by atoms with Gasteiger partial charge in [-0.2, -0.15) is 5.10 Å². The highest BCUT2D eigenvalue weighted by atomic mass is 32.2. The third-order valence-electron chi connectivity index (χ3n) is 2.55. The van der Waals surface area contributed by atoms with E-state index in [2.05, 4.69) is 22.1 Å². The molecule has 1 atom stereocenters. The summed E-state index contributed by atoms with van der Waals surface area (Å²) in [5, 5.41) is 6.23. The third kappa shape index (κ3) is 4.17. The van der Waals surface area contributed by atoms with Crippen LogP contribution in [0.4, 0.5) is 0 Å². The van der Waals surface area contributed by atoms with E-state index in [-0.39, 0.29) is 11.1 Å². The Bertz CT molecular complexity index is 579. The van der Waals surface area contributed by atoms with E-state index in [1.54, 1.807) is 11.8 Å². The van der Waals surface area contributed by atoms with Crippen molar-refractivity contribution < 1.29 is 4.74 Å². The van der Waals surface area contributed by atoms with E-state index in [0.717, 1.165) is 12.2 Å². The molecule has 0 aliphatic heterocycles. The summed E-state index contributed by atoms with van der Waals surface area (Å²) < 4.78 is 5.91. The molecule has 1 aromatic carbocycles. The predicted molar refractivity (Wildman–Crippen MR) is 76.4 cm³/mol. The SMILES string of the molecule is CCC(Oc1cccc(C)c1)SCc1n[nH]c(=O)[nH]1. The van der Waals surface area contributed by atoms with E-state index in [0.29, 0.717) is 11.6 Å². The van der Waals surface area contributed by atoms with Gasteiger partial charge in [-0.05, 0) is 31.0 Å². The highest BCUT2D eigenvalue weighted by Gasteiger charge is 2.10. The summed E-state index contributed by atoms with van der Waals surface area (Å²) in [7, 11) is 0. The molecule has 0 aliphatic carbocycles. The number of hydrogen-bond donors (Lipinski definition) is 2. The molecule has 0 aliphatic rings. The fraction of sp³-hybridized carbons (Fsp3) is 0.385. The van der Waals surface area contributed by atoms with Crippen LogP contribution in [0.2, 0.25) is 0 Å². The molecule has 2 aromatic rings. The number of nitrogens with zero attached hydrogens (tertiary/aromatic N) is 1. The number of aromatic nitrogens is 3. The monoisotopic (exact) mass is 279 g/mol. The van der Waals surface area contributed by atoms with Crippen LogP contribution in [0.25, 0.3) is 0 Å². The van der Waals surface area contributed by atoms with E-state index in [1.807, 2.05) is 31.2 Å². The predicted octanol–water partition coefficient (Wildman–Crippen LogP) is 2.45. The first-order chi connectivity index (χ1) is 9.17. The van der Waals surface area contributed by atoms with E-state index < -0.39 is 0 Å². The van der Waals surface area contributed by atoms with Gasteiger partial charge in [-0.25, -0.2) is 9.89 Å². The lowest BCUT2D eigenvalue weighted by Crippen LogP contribution is -2.11. The molecule has 0 amide bonds. The summed E-state index contributed by atoms with van der Waals surface area (Å²) in [6, 6.07) is 7.98. The zero-order chi connectivity index (χ0) is 13.7. The Morgan fingerprint density at radius 2 is 2.32 bits per heavy atom. The highest BCUT2D eigenvalue weighted by molar-refractivity contribution is 7.99. The molecule has 1 heterocycles. The highest BCUT2D eigenvalue weighted by Crippen LogP contribution is 2.23. The van der Waals surface area contributed by atoms with Gasteiger partial charge in [0.1, 0.15) is 17.0 Å². The molecule has 19 heavy (non-hydrogen) atoms. The second-order valence-corrected chi connectivity index (χ2v) is 5.36. The average molecular weight is 279 g/mol. The summed E-state index contributed by atoms with van der Waals surface area (Å²) in [4.78, 5) is 13.5. The molecule has 2 rings (SSSR count). The maximum absolute atomic E-state index is 10.9. The zero-order valence-electron chi connectivity index (χ0n) is 11.0. The smallest absolute Gasteiger partial charge is 0.340 e. The fourth-order valence-electron chi connectivity index (χ4n) is 1.62. The number of benzene rings is 1. The molecule has 2 N–H and O–H groups in total. The minimum Gasteiger partial charge on any atom is -0.480 e. The maximum Gasteiger partial charge on any atom is 0.340 e. The maximum atomic E-state index is 10.9. The Morgan fingerprint density at radius 1 is 1.47 bits per heavy atom. The first-order valence-electron chi connectivity index (χ1n) is 6.16. The Kier molecular flexibility index (Phi) is 4.68. The normalized spacial score (nSPS) is 12.3. The fourth-order valence-corrected chi connectivity index (χ4v) is 2.52. The Balaban J connectivity index is 1.91. The second kappa shape index (κ2) is 6.47. The van der Waals surface area contributed by atoms with Crippen LogP contribution in [-0.4, -0.2) is 20.6 Å². The number of thioether (sulfide) groups is 1. The first-order valence-corrected chi connectivity index (χ1v) is 7.20. The minimum absolute atomic E-state index is 0.0435. The van der Waals surface area contributed by atoms with Gasteiger partial charge in [0, 0.05) is 0 Å². The van der Waals surface area contributed by atoms with Crippen molar-refractivity contribution >= 4 is 11.8 Å². The second-order valence-electron chi connectivity index (χ2n) is 4.21. The van der Waals surface area contributed by atoms with Gasteiger partial charge in [0.25, 0.3) is 0 Å². The summed E-state index contributed by atoms with van der Waals surface area (Å²) in [6.45, 7) is 4.11. The summed E-state index contributed by atoms with van der Waals surface area (Å²) in [5.41, 5.74) is 0.944. The lowest BCUT2D eigenvalue weighted by Gasteiger charge is -2.16. The first kappa shape index (κ1) is 13.7. The largest absolute Gasteiger partial charge is 0.480 e. The summed E-state index contributed by atoms with van der Waals surface area (Å²) in [5.74, 6) is 2.12. The number of aryl methyl sites for hydroxylation is 1. The molecule has 0 fully saturated rings. The topological polar surface area (TPSA) is 70.8 Å². The standard InChI is InChI=1S/C13H17N3O2S/c1-3-12(18-10-6-4-5-9(2)7-10)19-8-11-14-13(17)16-15-11/h4-7,12H,3,8H2,1-2H3,(H2,14,15,16,17). The Hall–Kier alpha value is -1.69. The number of H-pyrrole nitrogens is 2. The van der Waals surface area contributed by atoms with Crippen LogP contribution in [0.3, 0.4) is 0 Å². The van der Waals surface area contributed by atoms with Crippen LogP contribution >= 0.6 is 11.8 Å². The molecule has 5 nitrogen and oxygen atoms in total. The Labute approximate surface area is 115 Å². The molecule has 6 heteroatoms. The number of nitrogens with one attached hydrogen (secondary N) is 2. The van der Waals surface area contributed by atoms with Crippen molar-refractivity contribution in [2.24, 2.45) is 0 Å². The van der Waals surface area contributed by atoms with Crippen LogP contribution in [0.15, 0.2) is 29.1 Å². The number of hydrogen-bond acceptors (Lipinski definition) is 4. The van der Waals surface area contributed by atoms with Crippen LogP contribution in [-0.2, 0) is 5.75 Å². The number of rotatable bonds is 6. The van der Waals surface area contributed by atoms with Crippen molar-refractivity contribution in [2.45, 2.75) is 31.5 Å². The molecule has 102 valence electrons. The van der Waals surface area contributed by atoms with Crippen molar-refractivity contribution in [1.29, 1.82) is 0 Å². The van der Waals surface area contributed by atoms with E-state index in [1.165, 1.54) is 5.56 Å². The van der Waals surface area contributed by atoms with Crippen LogP contribution in [0.1, 0.15) is 24.7 Å². The van der Waals surface area contributed by atoms with Crippen molar-refractivity contribution in [2.75, 3.05) is 0 Å². The average Bonchev–Trinajstić information content (AvgIpc) is 2.80. The molecule has 0 spiro atoms. The van der Waals surface area contributed by atoms with Gasteiger partial charge in [0.2, 0.25) is 0 Å². The molecular formula is C13H17N3O2S. The summed E-state index contributed by atoms with van der Waals surface area (Å²) in [6.07, 6.45) is 0.882. The lowest BCUT2D eigenvalue weighted by atomic mass is 10.2. The third-order valence-corrected chi connectivity index (χ3v) is 3.79. The van der Waals surface area contributed by atoms with Crippen LogP contribution in [0, 0.1) is 6.92 Å². The van der Waals surface area contributed by atoms with Gasteiger partial charge in [0.05, 0.1) is 5.75 Å². The molecule has 1 unspecified atom stereocenters. The number of aromatic amines is 2.